The Kier molecular flexibility index (Phi) is 8.13. The zero-order valence-electron chi connectivity index (χ0n) is 19.0. The van der Waals surface area contributed by atoms with Gasteiger partial charge in [0.15, 0.2) is 5.78 Å². The number of aryl methyl sites for hydroxylation is 3. The van der Waals surface area contributed by atoms with Crippen molar-refractivity contribution in [2.75, 3.05) is 14.2 Å². The van der Waals surface area contributed by atoms with Crippen molar-refractivity contribution in [2.45, 2.75) is 57.5 Å². The van der Waals surface area contributed by atoms with Gasteiger partial charge in [-0.1, -0.05) is 31.2 Å². The molecule has 2 aromatic rings. The van der Waals surface area contributed by atoms with Crippen LogP contribution in [0.5, 0.6) is 5.75 Å². The summed E-state index contributed by atoms with van der Waals surface area (Å²) < 4.78 is 9.55. The number of ketones is 1. The number of carbonyl (C=O) groups excluding carboxylic acids is 2. The van der Waals surface area contributed by atoms with Crippen LogP contribution in [-0.2, 0) is 20.1 Å². The molecule has 2 rings (SSSR count). The fourth-order valence-corrected chi connectivity index (χ4v) is 4.55. The molecule has 0 aromatic heterocycles. The molecule has 0 heterocycles. The summed E-state index contributed by atoms with van der Waals surface area (Å²) in [6, 6.07) is 11.8. The van der Waals surface area contributed by atoms with Gasteiger partial charge >= 0.3 is 5.97 Å². The van der Waals surface area contributed by atoms with Crippen LogP contribution in [0.15, 0.2) is 36.4 Å². The van der Waals surface area contributed by atoms with Crippen LogP contribution in [0.25, 0.3) is 0 Å². The normalized spacial score (nSPS) is 14.0. The monoisotopic (exact) mass is 428 g/mol. The van der Waals surface area contributed by atoms with Gasteiger partial charge in [0.05, 0.1) is 19.0 Å². The third kappa shape index (κ3) is 5.25. The minimum absolute atomic E-state index is 0.110. The molecule has 2 unspecified atom stereocenters. The Morgan fingerprint density at radius 3 is 2.13 bits per heavy atom. The number of carbonyl (C=O) groups is 2. The first kappa shape index (κ1) is 24.0. The molecule has 162 valence electrons. The zero-order valence-corrected chi connectivity index (χ0v) is 19.8. The predicted molar refractivity (Wildman–Crippen MR) is 123 cm³/mol. The molecule has 0 spiro atoms. The molecule has 4 nitrogen and oxygen atoms in total. The highest BCUT2D eigenvalue weighted by Crippen LogP contribution is 2.39. The standard InChI is InChI=1S/C25H32O4S/c1-8-25(5,30-15-19-9-11-20(28-6)12-10-19)23(26)22(24(27)29-7)21-14-17(3)16(2)13-18(21)4/h9-14,22H,8,15H2,1-7H3. The Balaban J connectivity index is 2.35. The second-order valence-electron chi connectivity index (χ2n) is 7.83. The lowest BCUT2D eigenvalue weighted by atomic mass is 9.83. The molecule has 0 aliphatic heterocycles. The van der Waals surface area contributed by atoms with Crippen molar-refractivity contribution < 1.29 is 19.1 Å². The molecule has 0 amide bonds. The topological polar surface area (TPSA) is 52.6 Å². The van der Waals surface area contributed by atoms with Gasteiger partial charge in [-0.25, -0.2) is 0 Å². The Bertz CT molecular complexity index is 904. The molecule has 0 radical (unpaired) electrons. The van der Waals surface area contributed by atoms with E-state index < -0.39 is 16.6 Å². The lowest BCUT2D eigenvalue weighted by molar-refractivity contribution is -0.146. The number of rotatable bonds is 9. The summed E-state index contributed by atoms with van der Waals surface area (Å²) in [6.45, 7) is 9.88. The number of thioether (sulfide) groups is 1. The summed E-state index contributed by atoms with van der Waals surface area (Å²) in [6.07, 6.45) is 0.615. The molecule has 5 heteroatoms. The second-order valence-corrected chi connectivity index (χ2v) is 9.31. The Morgan fingerprint density at radius 2 is 1.60 bits per heavy atom. The van der Waals surface area contributed by atoms with E-state index >= 15 is 0 Å². The third-order valence-corrected chi connectivity index (χ3v) is 7.41. The lowest BCUT2D eigenvalue weighted by Crippen LogP contribution is -2.39. The SMILES string of the molecule is CCC(C)(SCc1ccc(OC)cc1)C(=O)C(C(=O)OC)c1cc(C)c(C)cc1C. The van der Waals surface area contributed by atoms with Crippen molar-refractivity contribution in [3.63, 3.8) is 0 Å². The molecule has 0 N–H and O–H groups in total. The average molecular weight is 429 g/mol. The molecule has 0 saturated carbocycles. The molecule has 0 aliphatic carbocycles. The van der Waals surface area contributed by atoms with Gasteiger partial charge in [0.2, 0.25) is 0 Å². The lowest BCUT2D eigenvalue weighted by Gasteiger charge is -2.30. The summed E-state index contributed by atoms with van der Waals surface area (Å²) in [5, 5.41) is 0. The number of esters is 1. The van der Waals surface area contributed by atoms with Crippen LogP contribution in [-0.4, -0.2) is 30.7 Å². The maximum Gasteiger partial charge on any atom is 0.320 e. The summed E-state index contributed by atoms with van der Waals surface area (Å²) in [7, 11) is 2.98. The van der Waals surface area contributed by atoms with E-state index in [1.54, 1.807) is 18.9 Å². The maximum atomic E-state index is 13.7. The van der Waals surface area contributed by atoms with Crippen molar-refractivity contribution in [1.29, 1.82) is 0 Å². The van der Waals surface area contributed by atoms with E-state index in [2.05, 4.69) is 0 Å². The molecule has 0 bridgehead atoms. The van der Waals surface area contributed by atoms with E-state index in [-0.39, 0.29) is 5.78 Å². The van der Waals surface area contributed by atoms with Gasteiger partial charge in [0, 0.05) is 5.75 Å². The molecule has 2 aromatic carbocycles. The van der Waals surface area contributed by atoms with Gasteiger partial charge < -0.3 is 9.47 Å². The van der Waals surface area contributed by atoms with E-state index in [0.717, 1.165) is 33.6 Å². The quantitative estimate of drug-likeness (QED) is 0.387. The summed E-state index contributed by atoms with van der Waals surface area (Å²) >= 11 is 1.56. The number of benzene rings is 2. The Labute approximate surface area is 184 Å². The van der Waals surface area contributed by atoms with Crippen LogP contribution < -0.4 is 4.74 Å². The molecular weight excluding hydrogens is 396 g/mol. The van der Waals surface area contributed by atoms with Crippen molar-refractivity contribution in [3.8, 4) is 5.75 Å². The third-order valence-electron chi connectivity index (χ3n) is 5.80. The summed E-state index contributed by atoms with van der Waals surface area (Å²) in [4.78, 5) is 26.5. The highest BCUT2D eigenvalue weighted by molar-refractivity contribution is 8.00. The van der Waals surface area contributed by atoms with Gasteiger partial charge in [-0.15, -0.1) is 11.8 Å². The summed E-state index contributed by atoms with van der Waals surface area (Å²) in [5.41, 5.74) is 4.96. The van der Waals surface area contributed by atoms with Gasteiger partial charge in [-0.2, -0.15) is 0 Å². The fraction of sp³-hybridized carbons (Fsp3) is 0.440. The number of hydrogen-bond donors (Lipinski definition) is 0. The molecule has 30 heavy (non-hydrogen) atoms. The van der Waals surface area contributed by atoms with Crippen molar-refractivity contribution in [3.05, 3.63) is 64.2 Å². The van der Waals surface area contributed by atoms with Crippen molar-refractivity contribution in [2.24, 2.45) is 0 Å². The largest absolute Gasteiger partial charge is 0.497 e. The van der Waals surface area contributed by atoms with Crippen LogP contribution in [0.3, 0.4) is 0 Å². The highest BCUT2D eigenvalue weighted by Gasteiger charge is 2.42. The van der Waals surface area contributed by atoms with E-state index in [1.807, 2.05) is 71.0 Å². The van der Waals surface area contributed by atoms with Crippen LogP contribution in [0, 0.1) is 20.8 Å². The predicted octanol–water partition coefficient (Wildman–Crippen LogP) is 5.55. The minimum atomic E-state index is -0.928. The van der Waals surface area contributed by atoms with E-state index in [9.17, 15) is 9.59 Å². The van der Waals surface area contributed by atoms with Gasteiger partial charge in [0.25, 0.3) is 0 Å². The number of methoxy groups -OCH3 is 2. The van der Waals surface area contributed by atoms with Crippen LogP contribution in [0.4, 0.5) is 0 Å². The van der Waals surface area contributed by atoms with Crippen LogP contribution in [0.2, 0.25) is 0 Å². The van der Waals surface area contributed by atoms with Gasteiger partial charge in [-0.3, -0.25) is 9.59 Å². The Morgan fingerprint density at radius 1 is 1.00 bits per heavy atom. The average Bonchev–Trinajstić information content (AvgIpc) is 2.75. The first-order valence-electron chi connectivity index (χ1n) is 10.1. The van der Waals surface area contributed by atoms with Gasteiger partial charge in [-0.05, 0) is 74.1 Å². The molecule has 0 saturated heterocycles. The number of Topliss-reactive ketones (excluding diaryl/α,β-unsaturated/α-hetero) is 1. The molecule has 2 atom stereocenters. The van der Waals surface area contributed by atoms with Crippen molar-refractivity contribution in [1.82, 2.24) is 0 Å². The Hall–Kier alpha value is -2.27. The van der Waals surface area contributed by atoms with Gasteiger partial charge in [0.1, 0.15) is 11.7 Å². The minimum Gasteiger partial charge on any atom is -0.497 e. The smallest absolute Gasteiger partial charge is 0.320 e. The van der Waals surface area contributed by atoms with Crippen molar-refractivity contribution >= 4 is 23.5 Å². The molecular formula is C25H32O4S. The van der Waals surface area contributed by atoms with Crippen LogP contribution in [0.1, 0.15) is 54.0 Å². The summed E-state index contributed by atoms with van der Waals surface area (Å²) in [5.74, 6) is -0.0747. The first-order valence-corrected chi connectivity index (χ1v) is 11.1. The van der Waals surface area contributed by atoms with E-state index in [1.165, 1.54) is 7.11 Å². The van der Waals surface area contributed by atoms with E-state index in [0.29, 0.717) is 12.2 Å². The number of hydrogen-bond acceptors (Lipinski definition) is 5. The van der Waals surface area contributed by atoms with Crippen LogP contribution >= 0.6 is 11.8 Å². The second kappa shape index (κ2) is 10.2. The molecule has 0 aliphatic rings. The molecule has 0 fully saturated rings. The highest BCUT2D eigenvalue weighted by atomic mass is 32.2. The van der Waals surface area contributed by atoms with E-state index in [4.69, 9.17) is 9.47 Å². The maximum absolute atomic E-state index is 13.7. The fourth-order valence-electron chi connectivity index (χ4n) is 3.40. The number of ether oxygens (including phenoxy) is 2. The zero-order chi connectivity index (χ0) is 22.5. The first-order chi connectivity index (χ1) is 14.2.